The molecule has 354 valence electrons. The molecule has 8 nitrogen and oxygen atoms in total. The Labute approximate surface area is 417 Å². The molecule has 0 N–H and O–H groups in total. The van der Waals surface area contributed by atoms with Crippen molar-refractivity contribution in [3.63, 3.8) is 0 Å². The summed E-state index contributed by atoms with van der Waals surface area (Å²) in [6, 6.07) is 46.4. The summed E-state index contributed by atoms with van der Waals surface area (Å²) in [5.74, 6) is 1.59. The van der Waals surface area contributed by atoms with Gasteiger partial charge in [-0.1, -0.05) is 138 Å². The van der Waals surface area contributed by atoms with Crippen molar-refractivity contribution >= 4 is 21.4 Å². The van der Waals surface area contributed by atoms with Crippen molar-refractivity contribution in [1.29, 1.82) is 0 Å². The van der Waals surface area contributed by atoms with Gasteiger partial charge in [0.05, 0.1) is 24.3 Å². The molecular formula is C58H59ClN2O6Pt. The Balaban J connectivity index is 0.00000376. The van der Waals surface area contributed by atoms with E-state index >= 15 is 0 Å². The zero-order valence-electron chi connectivity index (χ0n) is 38.9. The fraction of sp³-hybridized carbons (Fsp3) is 0.276. The van der Waals surface area contributed by atoms with Crippen LogP contribution in [0.2, 0.25) is 0 Å². The second-order valence-corrected chi connectivity index (χ2v) is 16.5. The van der Waals surface area contributed by atoms with Crippen LogP contribution in [0, 0.1) is 6.07 Å². The Kier molecular flexibility index (Phi) is 21.4. The van der Waals surface area contributed by atoms with Gasteiger partial charge in [-0.05, 0) is 108 Å². The van der Waals surface area contributed by atoms with Crippen LogP contribution in [0.1, 0.15) is 112 Å². The minimum atomic E-state index is -0.421. The number of carbonyl (C=O) groups is 2. The van der Waals surface area contributed by atoms with Gasteiger partial charge in [0, 0.05) is 23.8 Å². The molecule has 0 saturated carbocycles. The summed E-state index contributed by atoms with van der Waals surface area (Å²) in [6.07, 6.45) is 18.2. The first-order chi connectivity index (χ1) is 33.4. The first-order valence-corrected chi connectivity index (χ1v) is 26.5. The van der Waals surface area contributed by atoms with E-state index in [4.69, 9.17) is 28.9 Å². The van der Waals surface area contributed by atoms with Crippen molar-refractivity contribution in [2.45, 2.75) is 90.9 Å². The zero-order valence-corrected chi connectivity index (χ0v) is 41.9. The van der Waals surface area contributed by atoms with E-state index in [1.54, 1.807) is 67.3 Å². The summed E-state index contributed by atoms with van der Waals surface area (Å²) in [5, 5.41) is 0. The molecule has 0 aliphatic rings. The van der Waals surface area contributed by atoms with Crippen LogP contribution in [0.3, 0.4) is 0 Å². The summed E-state index contributed by atoms with van der Waals surface area (Å²) in [4.78, 5) is 35.2. The summed E-state index contributed by atoms with van der Waals surface area (Å²) >= 11 is 1.61. The van der Waals surface area contributed by atoms with Gasteiger partial charge in [-0.2, -0.15) is 0 Å². The zero-order chi connectivity index (χ0) is 47.8. The van der Waals surface area contributed by atoms with Gasteiger partial charge in [-0.25, -0.2) is 9.59 Å². The molecule has 68 heavy (non-hydrogen) atoms. The Morgan fingerprint density at radius 3 is 1.16 bits per heavy atom. The van der Waals surface area contributed by atoms with Crippen LogP contribution in [0.15, 0.2) is 152 Å². The topological polar surface area (TPSA) is 96.8 Å². The molecule has 0 atom stereocenters. The van der Waals surface area contributed by atoms with Gasteiger partial charge in [0.1, 0.15) is 23.0 Å². The Morgan fingerprint density at radius 1 is 0.441 bits per heavy atom. The number of benzene rings is 5. The molecule has 0 bridgehead atoms. The molecule has 10 heteroatoms. The van der Waals surface area contributed by atoms with Gasteiger partial charge in [0.25, 0.3) is 0 Å². The predicted octanol–water partition coefficient (Wildman–Crippen LogP) is 15.5. The van der Waals surface area contributed by atoms with Crippen molar-refractivity contribution in [3.8, 4) is 67.8 Å². The molecule has 0 unspecified atom stereocenters. The molecule has 2 heterocycles. The first kappa shape index (κ1) is 51.3. The van der Waals surface area contributed by atoms with E-state index in [-0.39, 0.29) is 0 Å². The molecule has 7 rings (SSSR count). The van der Waals surface area contributed by atoms with E-state index in [9.17, 15) is 9.59 Å². The molecule has 5 aromatic carbocycles. The number of aromatic nitrogens is 2. The van der Waals surface area contributed by atoms with E-state index < -0.39 is 11.9 Å². The molecule has 0 fully saturated rings. The van der Waals surface area contributed by atoms with Crippen LogP contribution >= 0.6 is 9.42 Å². The number of hydrogen-bond acceptors (Lipinski definition) is 8. The van der Waals surface area contributed by atoms with Crippen LogP contribution < -0.4 is 18.9 Å². The molecule has 7 aromatic rings. The number of pyridine rings is 2. The van der Waals surface area contributed by atoms with Crippen molar-refractivity contribution in [2.24, 2.45) is 0 Å². The van der Waals surface area contributed by atoms with E-state index in [2.05, 4.69) is 29.3 Å². The van der Waals surface area contributed by atoms with Crippen molar-refractivity contribution in [1.82, 2.24) is 9.97 Å². The number of unbranched alkanes of at least 4 members (excludes halogenated alkanes) is 10. The van der Waals surface area contributed by atoms with E-state index in [1.165, 1.54) is 64.2 Å². The van der Waals surface area contributed by atoms with Crippen LogP contribution in [0.5, 0.6) is 23.0 Å². The third kappa shape index (κ3) is 16.0. The normalized spacial score (nSPS) is 10.7. The number of ether oxygens (including phenoxy) is 4. The number of hydrogen-bond donors (Lipinski definition) is 0. The van der Waals surface area contributed by atoms with Crippen LogP contribution in [-0.4, -0.2) is 35.1 Å². The second kappa shape index (κ2) is 28.3. The molecule has 2 aromatic heterocycles. The van der Waals surface area contributed by atoms with Crippen molar-refractivity contribution < 1.29 is 47.3 Å². The summed E-state index contributed by atoms with van der Waals surface area (Å²) in [6.45, 7) is 5.80. The van der Waals surface area contributed by atoms with Crippen LogP contribution in [-0.2, 0) is 18.8 Å². The van der Waals surface area contributed by atoms with Crippen LogP contribution in [0.4, 0.5) is 0 Å². The third-order valence-electron chi connectivity index (χ3n) is 11.4. The van der Waals surface area contributed by atoms with Gasteiger partial charge in [-0.3, -0.25) is 9.97 Å². The second-order valence-electron chi connectivity index (χ2n) is 16.5. The number of carbonyl (C=O) groups excluding carboxylic acids is 2. The molecular weight excluding hydrogens is 1050 g/mol. The maximum atomic E-state index is 12.9. The average molecular weight is 1110 g/mol. The van der Waals surface area contributed by atoms with Crippen molar-refractivity contribution in [2.75, 3.05) is 13.2 Å². The number of halogens is 1. The van der Waals surface area contributed by atoms with Gasteiger partial charge >= 0.3 is 40.1 Å². The summed E-state index contributed by atoms with van der Waals surface area (Å²) < 4.78 is 23.0. The summed E-state index contributed by atoms with van der Waals surface area (Å²) in [5.41, 5.74) is 7.96. The first-order valence-electron chi connectivity index (χ1n) is 23.6. The molecule has 0 aliphatic heterocycles. The van der Waals surface area contributed by atoms with E-state index in [0.29, 0.717) is 35.8 Å². The molecule has 0 spiro atoms. The standard InChI is InChI=1S/C58H59N2O6.ClH.Pt/c1-3-5-7-9-11-13-38-63-51-28-22-45(23-29-51)57(61)65-53-32-18-43(19-33-53)49-26-36-55(59-41-49)47-16-15-17-48(40-47)56-37-27-50(42-60-56)44-20-34-54(35-21-44)66-58(62)46-24-30-52(31-25-46)64-39-14-12-10-8-6-4-2;;/h15-37,41-42H,3-14,38-39H2,1-2H3;1H;/q-1;;+2/p-1. The van der Waals surface area contributed by atoms with E-state index in [1.807, 2.05) is 103 Å². The number of nitrogens with zero attached hydrogens (tertiary/aromatic N) is 2. The Bertz CT molecular complexity index is 2390. The number of esters is 2. The fourth-order valence-corrected chi connectivity index (χ4v) is 7.50. The Morgan fingerprint density at radius 2 is 0.794 bits per heavy atom. The van der Waals surface area contributed by atoms with Crippen molar-refractivity contribution in [3.05, 3.63) is 169 Å². The maximum absolute atomic E-state index is 12.9. The summed E-state index contributed by atoms with van der Waals surface area (Å²) in [7, 11) is 4.61. The Hall–Kier alpha value is -6.08. The van der Waals surface area contributed by atoms with Gasteiger partial charge in [0.2, 0.25) is 0 Å². The monoisotopic (exact) mass is 1110 g/mol. The quantitative estimate of drug-likeness (QED) is 0.0256. The van der Waals surface area contributed by atoms with Crippen LogP contribution in [0.25, 0.3) is 44.8 Å². The molecule has 0 radical (unpaired) electrons. The minimum absolute atomic E-state index is 0.421. The fourth-order valence-electron chi connectivity index (χ4n) is 7.50. The molecule has 0 aliphatic carbocycles. The predicted molar refractivity (Wildman–Crippen MR) is 269 cm³/mol. The van der Waals surface area contributed by atoms with Gasteiger partial charge < -0.3 is 18.9 Å². The average Bonchev–Trinajstić information content (AvgIpc) is 3.39. The number of rotatable bonds is 24. The van der Waals surface area contributed by atoms with Gasteiger partial charge in [-0.15, -0.1) is 24.3 Å². The molecule has 0 amide bonds. The third-order valence-corrected chi connectivity index (χ3v) is 11.4. The molecule has 0 saturated heterocycles. The SMILES string of the molecule is CCCCCCCCOc1ccc(C(=O)Oc2ccc(-c3ccc(-c4[c-]c(-c5ccc(-c6ccc(OC(=O)c7ccc(OCCCCCCCC)cc7)cc6)cn5)ccc4)nc3)cc2)cc1.[Cl][Pt+]. The van der Waals surface area contributed by atoms with E-state index in [0.717, 1.165) is 69.1 Å². The van der Waals surface area contributed by atoms with Gasteiger partial charge in [0.15, 0.2) is 0 Å².